The zero-order chi connectivity index (χ0) is 14.4. The SMILES string of the molecule is CCN1CCC[C@](C)(C(=O)NCCCn2cncn2)C1. The fourth-order valence-electron chi connectivity index (χ4n) is 2.80. The first-order chi connectivity index (χ1) is 9.64. The Bertz CT molecular complexity index is 419. The Kier molecular flexibility index (Phi) is 5.11. The van der Waals surface area contributed by atoms with Crippen molar-refractivity contribution in [3.63, 3.8) is 0 Å². The molecule has 1 N–H and O–H groups in total. The lowest BCUT2D eigenvalue weighted by Gasteiger charge is -2.38. The number of aryl methyl sites for hydroxylation is 1. The molecule has 1 aromatic rings. The number of aromatic nitrogens is 3. The Morgan fingerprint density at radius 2 is 2.35 bits per heavy atom. The van der Waals surface area contributed by atoms with Crippen LogP contribution in [0.3, 0.4) is 0 Å². The summed E-state index contributed by atoms with van der Waals surface area (Å²) in [4.78, 5) is 18.6. The van der Waals surface area contributed by atoms with Crippen LogP contribution in [0.5, 0.6) is 0 Å². The van der Waals surface area contributed by atoms with E-state index < -0.39 is 0 Å². The van der Waals surface area contributed by atoms with Crippen molar-refractivity contribution >= 4 is 5.91 Å². The van der Waals surface area contributed by atoms with Crippen molar-refractivity contribution < 1.29 is 4.79 Å². The normalized spacial score (nSPS) is 23.7. The number of nitrogens with one attached hydrogen (secondary N) is 1. The molecule has 1 atom stereocenters. The highest BCUT2D eigenvalue weighted by molar-refractivity contribution is 5.82. The van der Waals surface area contributed by atoms with Crippen LogP contribution in [0.25, 0.3) is 0 Å². The number of carbonyl (C=O) groups excluding carboxylic acids is 1. The maximum atomic E-state index is 12.4. The van der Waals surface area contributed by atoms with E-state index in [0.717, 1.165) is 45.4 Å². The van der Waals surface area contributed by atoms with E-state index in [-0.39, 0.29) is 11.3 Å². The highest BCUT2D eigenvalue weighted by Crippen LogP contribution is 2.29. The van der Waals surface area contributed by atoms with Gasteiger partial charge < -0.3 is 10.2 Å². The largest absolute Gasteiger partial charge is 0.356 e. The van der Waals surface area contributed by atoms with E-state index in [0.29, 0.717) is 6.54 Å². The van der Waals surface area contributed by atoms with Gasteiger partial charge in [-0.15, -0.1) is 0 Å². The van der Waals surface area contributed by atoms with Crippen LogP contribution in [-0.2, 0) is 11.3 Å². The number of likely N-dealkylation sites (tertiary alicyclic amines) is 1. The molecule has 2 heterocycles. The Balaban J connectivity index is 1.73. The zero-order valence-corrected chi connectivity index (χ0v) is 12.5. The molecular weight excluding hydrogens is 254 g/mol. The van der Waals surface area contributed by atoms with E-state index in [1.54, 1.807) is 11.0 Å². The van der Waals surface area contributed by atoms with Crippen LogP contribution in [0.2, 0.25) is 0 Å². The minimum absolute atomic E-state index is 0.189. The summed E-state index contributed by atoms with van der Waals surface area (Å²) in [7, 11) is 0. The molecule has 1 aromatic heterocycles. The van der Waals surface area contributed by atoms with Gasteiger partial charge in [-0.1, -0.05) is 6.92 Å². The third kappa shape index (κ3) is 3.79. The Hall–Kier alpha value is -1.43. The first-order valence-corrected chi connectivity index (χ1v) is 7.47. The smallest absolute Gasteiger partial charge is 0.227 e. The minimum atomic E-state index is -0.235. The van der Waals surface area contributed by atoms with Gasteiger partial charge >= 0.3 is 0 Å². The lowest BCUT2D eigenvalue weighted by molar-refractivity contribution is -0.133. The van der Waals surface area contributed by atoms with Crippen LogP contribution < -0.4 is 5.32 Å². The van der Waals surface area contributed by atoms with Gasteiger partial charge in [0.1, 0.15) is 12.7 Å². The van der Waals surface area contributed by atoms with Gasteiger partial charge in [0.15, 0.2) is 0 Å². The minimum Gasteiger partial charge on any atom is -0.356 e. The Labute approximate surface area is 120 Å². The Morgan fingerprint density at radius 1 is 1.50 bits per heavy atom. The van der Waals surface area contributed by atoms with Gasteiger partial charge in [-0.05, 0) is 39.3 Å². The summed E-state index contributed by atoms with van der Waals surface area (Å²) >= 11 is 0. The average molecular weight is 279 g/mol. The second kappa shape index (κ2) is 6.83. The summed E-state index contributed by atoms with van der Waals surface area (Å²) < 4.78 is 1.79. The second-order valence-corrected chi connectivity index (χ2v) is 5.80. The van der Waals surface area contributed by atoms with Crippen LogP contribution in [-0.4, -0.2) is 51.8 Å². The molecule has 0 aromatic carbocycles. The van der Waals surface area contributed by atoms with E-state index in [1.807, 2.05) is 0 Å². The number of rotatable bonds is 6. The standard InChI is InChI=1S/C14H25N5O/c1-3-18-8-4-6-14(2,10-18)13(20)16-7-5-9-19-12-15-11-17-19/h11-12H,3-10H2,1-2H3,(H,16,20)/t14-/m0/s1. The number of hydrogen-bond donors (Lipinski definition) is 1. The molecule has 1 aliphatic heterocycles. The van der Waals surface area contributed by atoms with Crippen LogP contribution in [0.4, 0.5) is 0 Å². The van der Waals surface area contributed by atoms with E-state index in [1.165, 1.54) is 6.33 Å². The van der Waals surface area contributed by atoms with Crippen molar-refractivity contribution in [2.24, 2.45) is 5.41 Å². The summed E-state index contributed by atoms with van der Waals surface area (Å²) in [6.45, 7) is 8.74. The molecule has 112 valence electrons. The van der Waals surface area contributed by atoms with Crippen molar-refractivity contribution in [3.05, 3.63) is 12.7 Å². The van der Waals surface area contributed by atoms with Crippen molar-refractivity contribution in [2.45, 2.75) is 39.7 Å². The molecule has 1 fully saturated rings. The quantitative estimate of drug-likeness (QED) is 0.786. The molecule has 20 heavy (non-hydrogen) atoms. The molecule has 6 heteroatoms. The predicted molar refractivity (Wildman–Crippen MR) is 77.1 cm³/mol. The van der Waals surface area contributed by atoms with Gasteiger partial charge in [-0.2, -0.15) is 5.10 Å². The molecule has 1 saturated heterocycles. The number of carbonyl (C=O) groups is 1. The molecule has 0 aliphatic carbocycles. The fourth-order valence-corrected chi connectivity index (χ4v) is 2.80. The molecule has 1 aliphatic rings. The lowest BCUT2D eigenvalue weighted by Crippen LogP contribution is -2.50. The first-order valence-electron chi connectivity index (χ1n) is 7.47. The van der Waals surface area contributed by atoms with Crippen LogP contribution in [0, 0.1) is 5.41 Å². The summed E-state index contributed by atoms with van der Waals surface area (Å²) in [5.74, 6) is 0.189. The van der Waals surface area contributed by atoms with Crippen LogP contribution in [0.1, 0.15) is 33.1 Å². The number of piperidine rings is 1. The maximum Gasteiger partial charge on any atom is 0.227 e. The summed E-state index contributed by atoms with van der Waals surface area (Å²) in [5, 5.41) is 7.12. The average Bonchev–Trinajstić information content (AvgIpc) is 2.96. The fraction of sp³-hybridized carbons (Fsp3) is 0.786. The van der Waals surface area contributed by atoms with Gasteiger partial charge in [-0.3, -0.25) is 9.48 Å². The van der Waals surface area contributed by atoms with Crippen molar-refractivity contribution in [3.8, 4) is 0 Å². The van der Waals surface area contributed by atoms with Crippen molar-refractivity contribution in [1.82, 2.24) is 25.0 Å². The number of hydrogen-bond acceptors (Lipinski definition) is 4. The zero-order valence-electron chi connectivity index (χ0n) is 12.5. The van der Waals surface area contributed by atoms with E-state index in [4.69, 9.17) is 0 Å². The topological polar surface area (TPSA) is 63.1 Å². The molecule has 1 amide bonds. The first kappa shape index (κ1) is 15.0. The van der Waals surface area contributed by atoms with E-state index in [9.17, 15) is 4.79 Å². The highest BCUT2D eigenvalue weighted by Gasteiger charge is 2.36. The molecule has 0 saturated carbocycles. The molecule has 0 radical (unpaired) electrons. The highest BCUT2D eigenvalue weighted by atomic mass is 16.2. The second-order valence-electron chi connectivity index (χ2n) is 5.80. The monoisotopic (exact) mass is 279 g/mol. The lowest BCUT2D eigenvalue weighted by atomic mass is 9.81. The van der Waals surface area contributed by atoms with E-state index >= 15 is 0 Å². The van der Waals surface area contributed by atoms with Crippen molar-refractivity contribution in [2.75, 3.05) is 26.2 Å². The maximum absolute atomic E-state index is 12.4. The third-order valence-corrected chi connectivity index (χ3v) is 4.09. The van der Waals surface area contributed by atoms with Gasteiger partial charge in [0.25, 0.3) is 0 Å². The summed E-state index contributed by atoms with van der Waals surface area (Å²) in [5.41, 5.74) is -0.235. The van der Waals surface area contributed by atoms with Crippen LogP contribution >= 0.6 is 0 Å². The molecule has 6 nitrogen and oxygen atoms in total. The van der Waals surface area contributed by atoms with Gasteiger partial charge in [0.2, 0.25) is 5.91 Å². The number of nitrogens with zero attached hydrogens (tertiary/aromatic N) is 4. The Morgan fingerprint density at radius 3 is 3.05 bits per heavy atom. The summed E-state index contributed by atoms with van der Waals surface area (Å²) in [6.07, 6.45) is 6.20. The van der Waals surface area contributed by atoms with Gasteiger partial charge in [0, 0.05) is 19.6 Å². The summed E-state index contributed by atoms with van der Waals surface area (Å²) in [6, 6.07) is 0. The third-order valence-electron chi connectivity index (χ3n) is 4.09. The molecule has 0 unspecified atom stereocenters. The van der Waals surface area contributed by atoms with Gasteiger partial charge in [-0.25, -0.2) is 4.98 Å². The van der Waals surface area contributed by atoms with Gasteiger partial charge in [0.05, 0.1) is 5.41 Å². The molecule has 2 rings (SSSR count). The molecule has 0 bridgehead atoms. The van der Waals surface area contributed by atoms with Crippen LogP contribution in [0.15, 0.2) is 12.7 Å². The van der Waals surface area contributed by atoms with E-state index in [2.05, 4.69) is 34.1 Å². The number of amides is 1. The molecular formula is C14H25N5O. The van der Waals surface area contributed by atoms with Crippen molar-refractivity contribution in [1.29, 1.82) is 0 Å². The molecule has 0 spiro atoms. The predicted octanol–water partition coefficient (Wildman–Crippen LogP) is 0.906.